The monoisotopic (exact) mass is 141 g/mol. The standard InChI is InChI=1S/C9H19N/c1-4-7-10-8-6-9(3)5-2/h4,9-10H,1,5-8H2,2-3H3/t9-/m0/s1. The summed E-state index contributed by atoms with van der Waals surface area (Å²) in [4.78, 5) is 0. The van der Waals surface area contributed by atoms with Crippen molar-refractivity contribution in [3.63, 3.8) is 0 Å². The maximum atomic E-state index is 3.64. The predicted molar refractivity (Wildman–Crippen MR) is 47.1 cm³/mol. The summed E-state index contributed by atoms with van der Waals surface area (Å²) in [5, 5.41) is 3.28. The summed E-state index contributed by atoms with van der Waals surface area (Å²) in [5.74, 6) is 0.859. The van der Waals surface area contributed by atoms with Crippen molar-refractivity contribution < 1.29 is 0 Å². The third-order valence-electron chi connectivity index (χ3n) is 1.80. The van der Waals surface area contributed by atoms with Gasteiger partial charge in [0.1, 0.15) is 0 Å². The molecule has 0 rings (SSSR count). The third kappa shape index (κ3) is 5.83. The molecule has 0 unspecified atom stereocenters. The first-order valence-corrected chi connectivity index (χ1v) is 4.12. The topological polar surface area (TPSA) is 12.0 Å². The van der Waals surface area contributed by atoms with Crippen LogP contribution in [0.15, 0.2) is 12.7 Å². The lowest BCUT2D eigenvalue weighted by atomic mass is 10.1. The summed E-state index contributed by atoms with van der Waals surface area (Å²) in [6.45, 7) is 10.2. The minimum atomic E-state index is 0.859. The molecule has 0 aromatic rings. The van der Waals surface area contributed by atoms with Gasteiger partial charge in [0.25, 0.3) is 0 Å². The zero-order chi connectivity index (χ0) is 7.82. The van der Waals surface area contributed by atoms with Crippen LogP contribution in [0.5, 0.6) is 0 Å². The molecular formula is C9H19N. The van der Waals surface area contributed by atoms with Gasteiger partial charge in [-0.1, -0.05) is 26.3 Å². The SMILES string of the molecule is C=CCNCC[C@@H](C)CC. The normalized spacial score (nSPS) is 13.0. The summed E-state index contributed by atoms with van der Waals surface area (Å²) in [7, 11) is 0. The van der Waals surface area contributed by atoms with E-state index in [9.17, 15) is 0 Å². The van der Waals surface area contributed by atoms with E-state index in [2.05, 4.69) is 25.7 Å². The van der Waals surface area contributed by atoms with E-state index >= 15 is 0 Å². The maximum Gasteiger partial charge on any atom is 0.0132 e. The summed E-state index contributed by atoms with van der Waals surface area (Å²) < 4.78 is 0. The first kappa shape index (κ1) is 9.70. The van der Waals surface area contributed by atoms with Gasteiger partial charge in [0.05, 0.1) is 0 Å². The van der Waals surface area contributed by atoms with Crippen LogP contribution < -0.4 is 5.32 Å². The molecule has 10 heavy (non-hydrogen) atoms. The van der Waals surface area contributed by atoms with Crippen molar-refractivity contribution in [2.75, 3.05) is 13.1 Å². The van der Waals surface area contributed by atoms with Crippen molar-refractivity contribution in [1.82, 2.24) is 5.32 Å². The van der Waals surface area contributed by atoms with Gasteiger partial charge in [0.15, 0.2) is 0 Å². The summed E-state index contributed by atoms with van der Waals surface area (Å²) in [5.41, 5.74) is 0. The van der Waals surface area contributed by atoms with E-state index in [1.54, 1.807) is 0 Å². The number of rotatable bonds is 6. The largest absolute Gasteiger partial charge is 0.313 e. The van der Waals surface area contributed by atoms with Gasteiger partial charge in [-0.3, -0.25) is 0 Å². The molecule has 0 spiro atoms. The van der Waals surface area contributed by atoms with Crippen molar-refractivity contribution in [3.05, 3.63) is 12.7 Å². The minimum Gasteiger partial charge on any atom is -0.313 e. The van der Waals surface area contributed by atoms with Crippen LogP contribution in [0.25, 0.3) is 0 Å². The first-order chi connectivity index (χ1) is 4.81. The van der Waals surface area contributed by atoms with Gasteiger partial charge >= 0.3 is 0 Å². The fourth-order valence-corrected chi connectivity index (χ4v) is 0.757. The van der Waals surface area contributed by atoms with Crippen molar-refractivity contribution in [1.29, 1.82) is 0 Å². The van der Waals surface area contributed by atoms with Crippen LogP contribution in [0.1, 0.15) is 26.7 Å². The molecule has 60 valence electrons. The highest BCUT2D eigenvalue weighted by Crippen LogP contribution is 2.03. The van der Waals surface area contributed by atoms with Gasteiger partial charge in [-0.05, 0) is 18.9 Å². The Balaban J connectivity index is 2.95. The number of hydrogen-bond donors (Lipinski definition) is 1. The molecule has 0 bridgehead atoms. The lowest BCUT2D eigenvalue weighted by Gasteiger charge is -2.07. The minimum absolute atomic E-state index is 0.859. The van der Waals surface area contributed by atoms with Crippen LogP contribution in [0, 0.1) is 5.92 Å². The second-order valence-electron chi connectivity index (χ2n) is 2.79. The Hall–Kier alpha value is -0.300. The highest BCUT2D eigenvalue weighted by atomic mass is 14.8. The Labute approximate surface area is 64.5 Å². The summed E-state index contributed by atoms with van der Waals surface area (Å²) >= 11 is 0. The molecule has 0 aliphatic carbocycles. The average molecular weight is 141 g/mol. The number of nitrogens with one attached hydrogen (secondary N) is 1. The van der Waals surface area contributed by atoms with Crippen LogP contribution in [-0.2, 0) is 0 Å². The summed E-state index contributed by atoms with van der Waals surface area (Å²) in [6.07, 6.45) is 4.47. The lowest BCUT2D eigenvalue weighted by Crippen LogP contribution is -2.16. The second kappa shape index (κ2) is 6.81. The van der Waals surface area contributed by atoms with Crippen LogP contribution >= 0.6 is 0 Å². The lowest BCUT2D eigenvalue weighted by molar-refractivity contribution is 0.497. The Bertz CT molecular complexity index is 78.8. The highest BCUT2D eigenvalue weighted by Gasteiger charge is 1.95. The second-order valence-corrected chi connectivity index (χ2v) is 2.79. The van der Waals surface area contributed by atoms with Gasteiger partial charge in [0, 0.05) is 6.54 Å². The molecule has 1 nitrogen and oxygen atoms in total. The van der Waals surface area contributed by atoms with Crippen LogP contribution in [-0.4, -0.2) is 13.1 Å². The third-order valence-corrected chi connectivity index (χ3v) is 1.80. The van der Waals surface area contributed by atoms with E-state index in [0.29, 0.717) is 0 Å². The highest BCUT2D eigenvalue weighted by molar-refractivity contribution is 4.69. The quantitative estimate of drug-likeness (QED) is 0.441. The van der Waals surface area contributed by atoms with Crippen LogP contribution in [0.2, 0.25) is 0 Å². The van der Waals surface area contributed by atoms with E-state index in [1.807, 2.05) is 6.08 Å². The molecule has 0 heterocycles. The molecule has 0 aromatic heterocycles. The van der Waals surface area contributed by atoms with Gasteiger partial charge in [-0.25, -0.2) is 0 Å². The molecule has 0 aliphatic rings. The van der Waals surface area contributed by atoms with E-state index < -0.39 is 0 Å². The van der Waals surface area contributed by atoms with Gasteiger partial charge in [-0.15, -0.1) is 6.58 Å². The van der Waals surface area contributed by atoms with E-state index in [1.165, 1.54) is 12.8 Å². The van der Waals surface area contributed by atoms with Crippen molar-refractivity contribution in [2.45, 2.75) is 26.7 Å². The van der Waals surface area contributed by atoms with Crippen LogP contribution in [0.4, 0.5) is 0 Å². The molecule has 0 radical (unpaired) electrons. The molecule has 1 atom stereocenters. The van der Waals surface area contributed by atoms with Crippen LogP contribution in [0.3, 0.4) is 0 Å². The first-order valence-electron chi connectivity index (χ1n) is 4.12. The Morgan fingerprint density at radius 1 is 1.60 bits per heavy atom. The van der Waals surface area contributed by atoms with Crippen molar-refractivity contribution in [3.8, 4) is 0 Å². The Morgan fingerprint density at radius 3 is 2.80 bits per heavy atom. The molecular weight excluding hydrogens is 122 g/mol. The van der Waals surface area contributed by atoms with E-state index in [-0.39, 0.29) is 0 Å². The zero-order valence-corrected chi connectivity index (χ0v) is 7.19. The summed E-state index contributed by atoms with van der Waals surface area (Å²) in [6, 6.07) is 0. The maximum absolute atomic E-state index is 3.64. The molecule has 0 aliphatic heterocycles. The smallest absolute Gasteiger partial charge is 0.0132 e. The number of hydrogen-bond acceptors (Lipinski definition) is 1. The fraction of sp³-hybridized carbons (Fsp3) is 0.778. The average Bonchev–Trinajstić information content (AvgIpc) is 1.98. The molecule has 1 N–H and O–H groups in total. The van der Waals surface area contributed by atoms with E-state index in [4.69, 9.17) is 0 Å². The van der Waals surface area contributed by atoms with Gasteiger partial charge < -0.3 is 5.32 Å². The van der Waals surface area contributed by atoms with Crippen molar-refractivity contribution in [2.24, 2.45) is 5.92 Å². The Kier molecular flexibility index (Phi) is 6.61. The van der Waals surface area contributed by atoms with Gasteiger partial charge in [-0.2, -0.15) is 0 Å². The molecule has 1 heteroatoms. The zero-order valence-electron chi connectivity index (χ0n) is 7.19. The van der Waals surface area contributed by atoms with Gasteiger partial charge in [0.2, 0.25) is 0 Å². The van der Waals surface area contributed by atoms with E-state index in [0.717, 1.165) is 19.0 Å². The molecule has 0 amide bonds. The fourth-order valence-electron chi connectivity index (χ4n) is 0.757. The molecule has 0 fully saturated rings. The molecule has 0 saturated heterocycles. The molecule has 0 aromatic carbocycles. The molecule has 0 saturated carbocycles. The Morgan fingerprint density at radius 2 is 2.30 bits per heavy atom. The predicted octanol–water partition coefficient (Wildman–Crippen LogP) is 2.20. The van der Waals surface area contributed by atoms with Crippen molar-refractivity contribution >= 4 is 0 Å².